The van der Waals surface area contributed by atoms with Gasteiger partial charge in [0.1, 0.15) is 5.75 Å². The third kappa shape index (κ3) is 5.56. The van der Waals surface area contributed by atoms with Gasteiger partial charge in [-0.3, -0.25) is 15.0 Å². The van der Waals surface area contributed by atoms with Gasteiger partial charge in [-0.2, -0.15) is 0 Å². The summed E-state index contributed by atoms with van der Waals surface area (Å²) in [6.07, 6.45) is -0.124. The predicted molar refractivity (Wildman–Crippen MR) is 103 cm³/mol. The van der Waals surface area contributed by atoms with Crippen molar-refractivity contribution in [3.8, 4) is 5.75 Å². The van der Waals surface area contributed by atoms with Gasteiger partial charge in [-0.15, -0.1) is 0 Å². The minimum atomic E-state index is -0.632. The van der Waals surface area contributed by atoms with E-state index in [1.165, 1.54) is 24.3 Å². The Kier molecular flexibility index (Phi) is 6.74. The number of phenolic OH excluding ortho intramolecular Hbond substituents is 1. The van der Waals surface area contributed by atoms with Gasteiger partial charge in [-0.1, -0.05) is 41.4 Å². The van der Waals surface area contributed by atoms with E-state index in [1.807, 2.05) is 0 Å². The molecule has 0 aliphatic rings. The van der Waals surface area contributed by atoms with Crippen LogP contribution in [0.5, 0.6) is 5.75 Å². The van der Waals surface area contributed by atoms with Crippen molar-refractivity contribution in [2.24, 2.45) is 0 Å². The number of carbonyl (C=O) groups is 2. The lowest BCUT2D eigenvalue weighted by molar-refractivity contribution is -0.115. The van der Waals surface area contributed by atoms with Crippen LogP contribution < -0.4 is 16.2 Å². The average Bonchev–Trinajstić information content (AvgIpc) is 2.57. The van der Waals surface area contributed by atoms with Gasteiger partial charge in [0.05, 0.1) is 22.7 Å². The van der Waals surface area contributed by atoms with Crippen molar-refractivity contribution in [1.29, 1.82) is 0 Å². The summed E-state index contributed by atoms with van der Waals surface area (Å²) in [5.41, 5.74) is 5.44. The molecule has 9 heteroatoms. The molecule has 26 heavy (non-hydrogen) atoms. The zero-order valence-corrected chi connectivity index (χ0v) is 15.5. The maximum atomic E-state index is 12.0. The summed E-state index contributed by atoms with van der Waals surface area (Å²) in [7, 11) is 0. The van der Waals surface area contributed by atoms with Gasteiger partial charge >= 0.3 is 0 Å². The maximum absolute atomic E-state index is 12.0. The molecule has 0 aliphatic carbocycles. The van der Waals surface area contributed by atoms with Crippen molar-refractivity contribution in [1.82, 2.24) is 10.9 Å². The second-order valence-electron chi connectivity index (χ2n) is 5.19. The highest BCUT2D eigenvalue weighted by molar-refractivity contribution is 6.36. The van der Waals surface area contributed by atoms with E-state index in [0.717, 1.165) is 0 Å². The summed E-state index contributed by atoms with van der Waals surface area (Å²) in [5.74, 6) is -1.26. The molecule has 0 unspecified atom stereocenters. The normalized spacial score (nSPS) is 10.1. The molecule has 2 aromatic rings. The number of hydrogen-bond acceptors (Lipinski definition) is 4. The topological polar surface area (TPSA) is 90.5 Å². The first-order chi connectivity index (χ1) is 12.3. The third-order valence-electron chi connectivity index (χ3n) is 3.14. The van der Waals surface area contributed by atoms with E-state index in [9.17, 15) is 14.7 Å². The van der Waals surface area contributed by atoms with Gasteiger partial charge < -0.3 is 15.8 Å². The van der Waals surface area contributed by atoms with Gasteiger partial charge in [0.2, 0.25) is 5.91 Å². The number of hydrogen-bond donors (Lipinski definition) is 4. The number of nitrogens with one attached hydrogen (secondary N) is 3. The Labute approximate surface area is 164 Å². The van der Waals surface area contributed by atoms with E-state index in [4.69, 9.17) is 34.8 Å². The molecule has 2 amide bonds. The van der Waals surface area contributed by atoms with Gasteiger partial charge in [0.25, 0.3) is 5.91 Å². The molecule has 0 heterocycles. The van der Waals surface area contributed by atoms with Crippen molar-refractivity contribution in [2.75, 3.05) is 5.32 Å². The molecule has 0 aliphatic heterocycles. The average molecular weight is 415 g/mol. The van der Waals surface area contributed by atoms with Crippen molar-refractivity contribution in [3.05, 3.63) is 69.3 Å². The number of benzene rings is 2. The van der Waals surface area contributed by atoms with Crippen LogP contribution in [0.4, 0.5) is 5.69 Å². The highest BCUT2D eigenvalue weighted by Gasteiger charge is 2.13. The summed E-state index contributed by atoms with van der Waals surface area (Å²) >= 11 is 17.6. The summed E-state index contributed by atoms with van der Waals surface area (Å²) in [4.78, 5) is 24.0. The van der Waals surface area contributed by atoms with Crippen LogP contribution in [0.25, 0.3) is 0 Å². The smallest absolute Gasteiger partial charge is 0.273 e. The van der Waals surface area contributed by atoms with Gasteiger partial charge in [0.15, 0.2) is 0 Å². The highest BCUT2D eigenvalue weighted by atomic mass is 35.5. The predicted octanol–water partition coefficient (Wildman–Crippen LogP) is 4.13. The minimum absolute atomic E-state index is 0.0183. The fraction of sp³-hybridized carbons (Fsp3) is 0.0588. The molecule has 6 nitrogen and oxygen atoms in total. The quantitative estimate of drug-likeness (QED) is 0.535. The molecule has 0 radical (unpaired) electrons. The van der Waals surface area contributed by atoms with Crippen LogP contribution in [0.1, 0.15) is 16.8 Å². The number of amides is 2. The van der Waals surface area contributed by atoms with E-state index in [1.54, 1.807) is 12.1 Å². The molecule has 4 N–H and O–H groups in total. The Morgan fingerprint density at radius 3 is 2.35 bits per heavy atom. The second-order valence-corrected chi connectivity index (χ2v) is 6.47. The van der Waals surface area contributed by atoms with E-state index in [2.05, 4.69) is 22.7 Å². The molecule has 0 bridgehead atoms. The summed E-state index contributed by atoms with van der Waals surface area (Å²) < 4.78 is 0. The molecule has 0 fully saturated rings. The Balaban J connectivity index is 1.87. The molecule has 0 spiro atoms. The minimum Gasteiger partial charge on any atom is -0.507 e. The zero-order chi connectivity index (χ0) is 19.3. The number of carbonyl (C=O) groups excluding carboxylic acids is 2. The molecule has 0 atom stereocenters. The van der Waals surface area contributed by atoms with E-state index in [-0.39, 0.29) is 23.4 Å². The van der Waals surface area contributed by atoms with Crippen molar-refractivity contribution in [3.63, 3.8) is 0 Å². The molecule has 2 aromatic carbocycles. The lowest BCUT2D eigenvalue weighted by atomic mass is 10.2. The van der Waals surface area contributed by atoms with Crippen LogP contribution in [0, 0.1) is 0 Å². The van der Waals surface area contributed by atoms with Crippen molar-refractivity contribution < 1.29 is 14.7 Å². The summed E-state index contributed by atoms with van der Waals surface area (Å²) in [5, 5.41) is 13.3. The largest absolute Gasteiger partial charge is 0.507 e. The highest BCUT2D eigenvalue weighted by Crippen LogP contribution is 2.25. The second kappa shape index (κ2) is 8.80. The Hall–Kier alpha value is -2.41. The Morgan fingerprint density at radius 2 is 1.65 bits per heavy atom. The van der Waals surface area contributed by atoms with E-state index in [0.29, 0.717) is 20.8 Å². The standard InChI is InChI=1S/C17H14Cl3N3O3/c1-9(6-16(25)21-14-4-2-11(19)8-13(14)20)22-23-17(26)12-7-10(18)3-5-15(12)24/h2-5,7-8,22,24H,1,6H2,(H,21,25)(H,23,26). The monoisotopic (exact) mass is 413 g/mol. The first-order valence-electron chi connectivity index (χ1n) is 7.24. The van der Waals surface area contributed by atoms with Crippen LogP contribution in [0.3, 0.4) is 0 Å². The van der Waals surface area contributed by atoms with E-state index < -0.39 is 11.8 Å². The molecule has 0 aromatic heterocycles. The number of hydrazine groups is 1. The Bertz CT molecular complexity index is 872. The zero-order valence-electron chi connectivity index (χ0n) is 13.3. The van der Waals surface area contributed by atoms with Crippen LogP contribution >= 0.6 is 34.8 Å². The molecular formula is C17H14Cl3N3O3. The first kappa shape index (κ1) is 19.9. The number of phenols is 1. The van der Waals surface area contributed by atoms with Crippen molar-refractivity contribution >= 4 is 52.3 Å². The van der Waals surface area contributed by atoms with Crippen molar-refractivity contribution in [2.45, 2.75) is 6.42 Å². The van der Waals surface area contributed by atoms with Gasteiger partial charge in [0, 0.05) is 15.7 Å². The third-order valence-corrected chi connectivity index (χ3v) is 3.92. The molecular weight excluding hydrogens is 401 g/mol. The van der Waals surface area contributed by atoms with Gasteiger partial charge in [-0.25, -0.2) is 0 Å². The van der Waals surface area contributed by atoms with Crippen LogP contribution in [0.15, 0.2) is 48.7 Å². The maximum Gasteiger partial charge on any atom is 0.273 e. The molecule has 2 rings (SSSR count). The van der Waals surface area contributed by atoms with E-state index >= 15 is 0 Å². The fourth-order valence-electron chi connectivity index (χ4n) is 1.93. The molecule has 136 valence electrons. The van der Waals surface area contributed by atoms with Crippen LogP contribution in [0.2, 0.25) is 15.1 Å². The molecule has 0 saturated heterocycles. The summed E-state index contributed by atoms with van der Waals surface area (Å²) in [6.45, 7) is 3.65. The van der Waals surface area contributed by atoms with Gasteiger partial charge in [-0.05, 0) is 36.4 Å². The van der Waals surface area contributed by atoms with Crippen LogP contribution in [-0.2, 0) is 4.79 Å². The fourth-order valence-corrected chi connectivity index (χ4v) is 2.55. The SMILES string of the molecule is C=C(CC(=O)Nc1ccc(Cl)cc1Cl)NNC(=O)c1cc(Cl)ccc1O. The number of rotatable bonds is 6. The first-order valence-corrected chi connectivity index (χ1v) is 8.37. The number of anilines is 1. The lowest BCUT2D eigenvalue weighted by Crippen LogP contribution is -2.37. The van der Waals surface area contributed by atoms with Crippen LogP contribution in [-0.4, -0.2) is 16.9 Å². The molecule has 0 saturated carbocycles. The number of halogens is 3. The lowest BCUT2D eigenvalue weighted by Gasteiger charge is -2.12. The summed E-state index contributed by atoms with van der Waals surface area (Å²) in [6, 6.07) is 8.73. The number of aromatic hydroxyl groups is 1. The Morgan fingerprint density at radius 1 is 1.00 bits per heavy atom.